The maximum Gasteiger partial charge on any atom is 0.161 e. The third kappa shape index (κ3) is 6.17. The summed E-state index contributed by atoms with van der Waals surface area (Å²) >= 11 is 0. The number of hydrogen-bond donors (Lipinski definition) is 1. The predicted octanol–water partition coefficient (Wildman–Crippen LogP) is 3.73. The molecular formula is C20H31NO3. The average molecular weight is 333 g/mol. The molecule has 1 fully saturated rings. The first-order valence-electron chi connectivity index (χ1n) is 9.07. The number of aliphatic hydroxyl groups excluding tert-OH is 1. The van der Waals surface area contributed by atoms with E-state index in [1.807, 2.05) is 37.3 Å². The second kappa shape index (κ2) is 10.4. The summed E-state index contributed by atoms with van der Waals surface area (Å²) in [6, 6.07) is 5.83. The summed E-state index contributed by atoms with van der Waals surface area (Å²) in [5.41, 5.74) is 1.07. The van der Waals surface area contributed by atoms with Gasteiger partial charge in [0, 0.05) is 6.54 Å². The minimum Gasteiger partial charge on any atom is -0.493 e. The molecule has 1 saturated heterocycles. The Hall–Kier alpha value is -1.52. The monoisotopic (exact) mass is 333 g/mol. The Bertz CT molecular complexity index is 508. The second-order valence-electron chi connectivity index (χ2n) is 6.44. The van der Waals surface area contributed by atoms with Crippen molar-refractivity contribution in [2.45, 2.75) is 45.1 Å². The maximum atomic E-state index is 10.3. The van der Waals surface area contributed by atoms with Crippen LogP contribution in [0.5, 0.6) is 11.5 Å². The smallest absolute Gasteiger partial charge is 0.161 e. The van der Waals surface area contributed by atoms with E-state index < -0.39 is 6.10 Å². The van der Waals surface area contributed by atoms with Crippen molar-refractivity contribution in [3.63, 3.8) is 0 Å². The highest BCUT2D eigenvalue weighted by atomic mass is 16.5. The van der Waals surface area contributed by atoms with Gasteiger partial charge in [0.1, 0.15) is 12.7 Å². The number of rotatable bonds is 7. The predicted molar refractivity (Wildman–Crippen MR) is 98.7 cm³/mol. The number of likely N-dealkylation sites (tertiary alicyclic amines) is 1. The number of aliphatic hydroxyl groups is 1. The molecule has 0 saturated carbocycles. The molecule has 0 aliphatic carbocycles. The zero-order chi connectivity index (χ0) is 17.2. The number of methoxy groups -OCH3 is 1. The Balaban J connectivity index is 1.85. The third-order valence-electron chi connectivity index (χ3n) is 4.40. The van der Waals surface area contributed by atoms with Crippen LogP contribution in [0.15, 0.2) is 24.3 Å². The summed E-state index contributed by atoms with van der Waals surface area (Å²) in [6.45, 7) is 5.11. The van der Waals surface area contributed by atoms with E-state index >= 15 is 0 Å². The van der Waals surface area contributed by atoms with E-state index in [1.165, 1.54) is 32.1 Å². The number of benzene rings is 1. The Morgan fingerprint density at radius 3 is 2.50 bits per heavy atom. The second-order valence-corrected chi connectivity index (χ2v) is 6.44. The maximum absolute atomic E-state index is 10.3. The summed E-state index contributed by atoms with van der Waals surface area (Å²) in [6.07, 6.45) is 9.94. The summed E-state index contributed by atoms with van der Waals surface area (Å²) < 4.78 is 11.2. The lowest BCUT2D eigenvalue weighted by Gasteiger charge is -2.26. The van der Waals surface area contributed by atoms with Gasteiger partial charge in [-0.1, -0.05) is 37.5 Å². The summed E-state index contributed by atoms with van der Waals surface area (Å²) in [7, 11) is 1.64. The van der Waals surface area contributed by atoms with Crippen LogP contribution in [0.1, 0.15) is 44.6 Å². The zero-order valence-electron chi connectivity index (χ0n) is 15.0. The molecule has 24 heavy (non-hydrogen) atoms. The molecule has 2 rings (SSSR count). The van der Waals surface area contributed by atoms with Crippen molar-refractivity contribution in [1.82, 2.24) is 4.90 Å². The largest absolute Gasteiger partial charge is 0.493 e. The molecule has 1 atom stereocenters. The van der Waals surface area contributed by atoms with Gasteiger partial charge in [0.05, 0.1) is 7.11 Å². The molecule has 0 bridgehead atoms. The van der Waals surface area contributed by atoms with E-state index in [9.17, 15) is 5.11 Å². The van der Waals surface area contributed by atoms with Crippen LogP contribution in [0.4, 0.5) is 0 Å². The molecule has 134 valence electrons. The average Bonchev–Trinajstić information content (AvgIpc) is 2.56. The third-order valence-corrected chi connectivity index (χ3v) is 4.40. The fourth-order valence-electron chi connectivity index (χ4n) is 3.13. The van der Waals surface area contributed by atoms with Crippen molar-refractivity contribution in [2.75, 3.05) is 33.4 Å². The molecule has 0 aromatic heterocycles. The van der Waals surface area contributed by atoms with Crippen molar-refractivity contribution in [2.24, 2.45) is 0 Å². The topological polar surface area (TPSA) is 41.9 Å². The van der Waals surface area contributed by atoms with Gasteiger partial charge in [-0.15, -0.1) is 0 Å². The fourth-order valence-corrected chi connectivity index (χ4v) is 3.13. The van der Waals surface area contributed by atoms with Crippen LogP contribution in [0, 0.1) is 0 Å². The van der Waals surface area contributed by atoms with Gasteiger partial charge in [-0.25, -0.2) is 0 Å². The minimum atomic E-state index is -0.482. The normalized spacial score (nSPS) is 18.1. The highest BCUT2D eigenvalue weighted by molar-refractivity contribution is 5.55. The van der Waals surface area contributed by atoms with E-state index in [4.69, 9.17) is 9.47 Å². The molecule has 0 radical (unpaired) electrons. The minimum absolute atomic E-state index is 0.288. The van der Waals surface area contributed by atoms with Crippen molar-refractivity contribution in [3.8, 4) is 11.5 Å². The molecule has 0 amide bonds. The number of ether oxygens (including phenoxy) is 2. The standard InChI is InChI=1S/C20H31NO3/c1-3-9-17-10-11-19(20(14-17)23-2)24-16-18(22)15-21-12-7-5-4-6-8-13-21/h3,9-11,14,18,22H,4-8,12-13,15-16H2,1-2H3/b9-3+. The molecule has 4 nitrogen and oxygen atoms in total. The van der Waals surface area contributed by atoms with Crippen LogP contribution in [0.25, 0.3) is 6.08 Å². The molecule has 1 N–H and O–H groups in total. The first-order valence-corrected chi connectivity index (χ1v) is 9.07. The Labute approximate surface area is 146 Å². The lowest BCUT2D eigenvalue weighted by Crippen LogP contribution is -2.37. The van der Waals surface area contributed by atoms with Gasteiger partial charge in [-0.3, -0.25) is 0 Å². The number of β-amino-alcohol motifs (C(OH)–C–C–N with tert-alkyl or cyclic N) is 1. The van der Waals surface area contributed by atoms with Crippen molar-refractivity contribution in [3.05, 3.63) is 29.8 Å². The summed E-state index contributed by atoms with van der Waals surface area (Å²) in [4.78, 5) is 2.36. The SMILES string of the molecule is C/C=C/c1ccc(OCC(O)CN2CCCCCCC2)c(OC)c1. The lowest BCUT2D eigenvalue weighted by molar-refractivity contribution is 0.0645. The van der Waals surface area contributed by atoms with Crippen LogP contribution < -0.4 is 9.47 Å². The lowest BCUT2D eigenvalue weighted by atomic mass is 10.1. The van der Waals surface area contributed by atoms with Gasteiger partial charge >= 0.3 is 0 Å². The van der Waals surface area contributed by atoms with E-state index in [0.29, 0.717) is 18.0 Å². The molecule has 1 aromatic rings. The Kier molecular flexibility index (Phi) is 8.13. The summed E-state index contributed by atoms with van der Waals surface area (Å²) in [5.74, 6) is 1.38. The molecular weight excluding hydrogens is 302 g/mol. The Morgan fingerprint density at radius 2 is 1.83 bits per heavy atom. The molecule has 1 aromatic carbocycles. The van der Waals surface area contributed by atoms with Crippen molar-refractivity contribution < 1.29 is 14.6 Å². The van der Waals surface area contributed by atoms with Crippen LogP contribution in [-0.4, -0.2) is 49.5 Å². The van der Waals surface area contributed by atoms with Gasteiger partial charge in [-0.2, -0.15) is 0 Å². The first kappa shape index (κ1) is 18.8. The quantitative estimate of drug-likeness (QED) is 0.825. The molecule has 0 spiro atoms. The van der Waals surface area contributed by atoms with Gasteiger partial charge in [0.15, 0.2) is 11.5 Å². The summed E-state index contributed by atoms with van der Waals surface area (Å²) in [5, 5.41) is 10.3. The van der Waals surface area contributed by atoms with Crippen molar-refractivity contribution in [1.29, 1.82) is 0 Å². The van der Waals surface area contributed by atoms with Crippen LogP contribution in [0.2, 0.25) is 0 Å². The first-order chi connectivity index (χ1) is 11.7. The Morgan fingerprint density at radius 1 is 1.12 bits per heavy atom. The van der Waals surface area contributed by atoms with Gasteiger partial charge < -0.3 is 19.5 Å². The van der Waals surface area contributed by atoms with Crippen LogP contribution in [0.3, 0.4) is 0 Å². The van der Waals surface area contributed by atoms with Crippen molar-refractivity contribution >= 4 is 6.08 Å². The van der Waals surface area contributed by atoms with E-state index in [1.54, 1.807) is 7.11 Å². The number of nitrogens with zero attached hydrogens (tertiary/aromatic N) is 1. The van der Waals surface area contributed by atoms with Crippen LogP contribution >= 0.6 is 0 Å². The van der Waals surface area contributed by atoms with Crippen LogP contribution in [-0.2, 0) is 0 Å². The number of hydrogen-bond acceptors (Lipinski definition) is 4. The molecule has 1 aliphatic heterocycles. The van der Waals surface area contributed by atoms with E-state index in [2.05, 4.69) is 4.90 Å². The highest BCUT2D eigenvalue weighted by Gasteiger charge is 2.15. The zero-order valence-corrected chi connectivity index (χ0v) is 15.0. The van der Waals surface area contributed by atoms with E-state index in [0.717, 1.165) is 18.7 Å². The fraction of sp³-hybridized carbons (Fsp3) is 0.600. The number of allylic oxidation sites excluding steroid dienone is 1. The van der Waals surface area contributed by atoms with Gasteiger partial charge in [-0.05, 0) is 50.6 Å². The van der Waals surface area contributed by atoms with Gasteiger partial charge in [0.2, 0.25) is 0 Å². The van der Waals surface area contributed by atoms with Gasteiger partial charge in [0.25, 0.3) is 0 Å². The highest BCUT2D eigenvalue weighted by Crippen LogP contribution is 2.28. The molecule has 4 heteroatoms. The molecule has 1 unspecified atom stereocenters. The molecule has 1 aliphatic rings. The van der Waals surface area contributed by atoms with E-state index in [-0.39, 0.29) is 6.61 Å². The molecule has 1 heterocycles.